The Labute approximate surface area is 186 Å². The number of amides is 1. The standard InChI is InChI=1S/C19H16Br2N4O5/c1-2-29-13-7-10(15(20)16(21)17(13)30-9-14(22)26)8-23-25-18(27)11-5-3-4-6-12(11)24-19(25)28/h3-8H,2,9H2,1H3,(H2,22,26)(H,24,28). The molecule has 0 aliphatic carbocycles. The number of hydrogen-bond donors (Lipinski definition) is 2. The van der Waals surface area contributed by atoms with Crippen LogP contribution in [0.4, 0.5) is 0 Å². The number of primary amides is 1. The number of nitrogens with two attached hydrogens (primary N) is 1. The Morgan fingerprint density at radius 3 is 2.67 bits per heavy atom. The second-order valence-electron chi connectivity index (χ2n) is 5.95. The monoisotopic (exact) mass is 538 g/mol. The first-order valence-electron chi connectivity index (χ1n) is 8.67. The van der Waals surface area contributed by atoms with E-state index in [1.165, 1.54) is 6.21 Å². The smallest absolute Gasteiger partial charge is 0.349 e. The van der Waals surface area contributed by atoms with Gasteiger partial charge in [-0.15, -0.1) is 4.68 Å². The predicted molar refractivity (Wildman–Crippen MR) is 120 cm³/mol. The SMILES string of the molecule is CCOc1cc(C=Nn2c(=O)[nH]c3ccccc3c2=O)c(Br)c(Br)c1OCC(N)=O. The van der Waals surface area contributed by atoms with Crippen molar-refractivity contribution in [2.45, 2.75) is 6.92 Å². The molecule has 9 nitrogen and oxygen atoms in total. The van der Waals surface area contributed by atoms with Crippen molar-refractivity contribution < 1.29 is 14.3 Å². The minimum atomic E-state index is -0.670. The number of carbonyl (C=O) groups is 1. The molecule has 1 aromatic heterocycles. The van der Waals surface area contributed by atoms with E-state index in [1.54, 1.807) is 37.3 Å². The molecule has 0 radical (unpaired) electrons. The Hall–Kier alpha value is -2.92. The summed E-state index contributed by atoms with van der Waals surface area (Å²) in [4.78, 5) is 38.6. The van der Waals surface area contributed by atoms with Crippen molar-refractivity contribution in [1.82, 2.24) is 9.66 Å². The molecule has 1 amide bonds. The van der Waals surface area contributed by atoms with Crippen molar-refractivity contribution in [3.8, 4) is 11.5 Å². The van der Waals surface area contributed by atoms with E-state index < -0.39 is 17.2 Å². The lowest BCUT2D eigenvalue weighted by Crippen LogP contribution is -2.32. The van der Waals surface area contributed by atoms with Gasteiger partial charge in [-0.3, -0.25) is 9.59 Å². The topological polar surface area (TPSA) is 129 Å². The molecule has 0 saturated carbocycles. The summed E-state index contributed by atoms with van der Waals surface area (Å²) in [5, 5.41) is 4.38. The van der Waals surface area contributed by atoms with Gasteiger partial charge < -0.3 is 20.2 Å². The molecular formula is C19H16Br2N4O5. The number of halogens is 2. The predicted octanol–water partition coefficient (Wildman–Crippen LogP) is 2.36. The highest BCUT2D eigenvalue weighted by atomic mass is 79.9. The van der Waals surface area contributed by atoms with Crippen molar-refractivity contribution in [3.63, 3.8) is 0 Å². The van der Waals surface area contributed by atoms with Crippen LogP contribution in [0, 0.1) is 0 Å². The molecular weight excluding hydrogens is 524 g/mol. The van der Waals surface area contributed by atoms with Crippen LogP contribution in [-0.2, 0) is 4.79 Å². The van der Waals surface area contributed by atoms with E-state index in [1.807, 2.05) is 0 Å². The molecule has 0 atom stereocenters. The summed E-state index contributed by atoms with van der Waals surface area (Å²) in [6.45, 7) is 1.79. The van der Waals surface area contributed by atoms with Crippen LogP contribution in [0.3, 0.4) is 0 Å². The van der Waals surface area contributed by atoms with Gasteiger partial charge >= 0.3 is 5.69 Å². The van der Waals surface area contributed by atoms with Crippen LogP contribution in [-0.4, -0.2) is 35.0 Å². The molecule has 0 aliphatic heterocycles. The number of ether oxygens (including phenoxy) is 2. The average Bonchev–Trinajstić information content (AvgIpc) is 2.71. The molecule has 11 heteroatoms. The number of fused-ring (bicyclic) bond motifs is 1. The van der Waals surface area contributed by atoms with Crippen LogP contribution >= 0.6 is 31.9 Å². The summed E-state index contributed by atoms with van der Waals surface area (Å²) < 4.78 is 12.7. The number of hydrogen-bond acceptors (Lipinski definition) is 6. The highest BCUT2D eigenvalue weighted by molar-refractivity contribution is 9.13. The van der Waals surface area contributed by atoms with Crippen LogP contribution in [0.1, 0.15) is 12.5 Å². The largest absolute Gasteiger partial charge is 0.490 e. The third-order valence-corrected chi connectivity index (χ3v) is 6.05. The minimum absolute atomic E-state index is 0.278. The lowest BCUT2D eigenvalue weighted by atomic mass is 10.2. The van der Waals surface area contributed by atoms with Crippen molar-refractivity contribution in [2.24, 2.45) is 10.8 Å². The van der Waals surface area contributed by atoms with Crippen molar-refractivity contribution in [1.29, 1.82) is 0 Å². The van der Waals surface area contributed by atoms with Gasteiger partial charge in [0.05, 0.1) is 28.2 Å². The quantitative estimate of drug-likeness (QED) is 0.445. The maximum atomic E-state index is 12.6. The van der Waals surface area contributed by atoms with Crippen LogP contribution in [0.25, 0.3) is 10.9 Å². The number of nitrogens with zero attached hydrogens (tertiary/aromatic N) is 2. The number of H-pyrrole nitrogens is 1. The Balaban J connectivity index is 2.08. The lowest BCUT2D eigenvalue weighted by molar-refractivity contribution is -0.119. The second-order valence-corrected chi connectivity index (χ2v) is 7.53. The van der Waals surface area contributed by atoms with E-state index in [0.29, 0.717) is 37.8 Å². The first-order valence-corrected chi connectivity index (χ1v) is 10.3. The number of carbonyl (C=O) groups excluding carboxylic acids is 1. The Morgan fingerprint density at radius 2 is 1.97 bits per heavy atom. The van der Waals surface area contributed by atoms with Crippen molar-refractivity contribution in [3.05, 3.63) is 65.7 Å². The fourth-order valence-corrected chi connectivity index (χ4v) is 3.55. The van der Waals surface area contributed by atoms with Crippen LogP contribution in [0.15, 0.2) is 54.0 Å². The van der Waals surface area contributed by atoms with Gasteiger partial charge in [0.15, 0.2) is 18.1 Å². The molecule has 3 N–H and O–H groups in total. The molecule has 3 rings (SSSR count). The Morgan fingerprint density at radius 1 is 1.23 bits per heavy atom. The Kier molecular flexibility index (Phi) is 6.73. The van der Waals surface area contributed by atoms with E-state index >= 15 is 0 Å². The molecule has 1 heterocycles. The highest BCUT2D eigenvalue weighted by Crippen LogP contribution is 2.42. The third kappa shape index (κ3) is 4.46. The highest BCUT2D eigenvalue weighted by Gasteiger charge is 2.18. The maximum absolute atomic E-state index is 12.6. The Bertz CT molecular complexity index is 1270. The van der Waals surface area contributed by atoms with E-state index in [0.717, 1.165) is 4.68 Å². The van der Waals surface area contributed by atoms with Gasteiger partial charge in [-0.2, -0.15) is 5.10 Å². The van der Waals surface area contributed by atoms with E-state index in [-0.39, 0.29) is 12.4 Å². The molecule has 30 heavy (non-hydrogen) atoms. The van der Waals surface area contributed by atoms with Crippen molar-refractivity contribution in [2.75, 3.05) is 13.2 Å². The molecule has 0 unspecified atom stereocenters. The summed E-state index contributed by atoms with van der Waals surface area (Å²) in [6, 6.07) is 8.25. The van der Waals surface area contributed by atoms with Gasteiger partial charge in [0.25, 0.3) is 11.5 Å². The van der Waals surface area contributed by atoms with Crippen LogP contribution in [0.5, 0.6) is 11.5 Å². The normalized spacial score (nSPS) is 11.2. The van der Waals surface area contributed by atoms with Gasteiger partial charge in [0.2, 0.25) is 0 Å². The minimum Gasteiger partial charge on any atom is -0.490 e. The zero-order chi connectivity index (χ0) is 21.8. The summed E-state index contributed by atoms with van der Waals surface area (Å²) in [7, 11) is 0. The van der Waals surface area contributed by atoms with Gasteiger partial charge in [-0.05, 0) is 57.0 Å². The van der Waals surface area contributed by atoms with Gasteiger partial charge in [0.1, 0.15) is 0 Å². The second kappa shape index (κ2) is 9.26. The molecule has 0 fully saturated rings. The van der Waals surface area contributed by atoms with Crippen LogP contribution in [0.2, 0.25) is 0 Å². The molecule has 0 bridgehead atoms. The fourth-order valence-electron chi connectivity index (χ4n) is 2.62. The zero-order valence-corrected chi connectivity index (χ0v) is 18.8. The fraction of sp³-hybridized carbons (Fsp3) is 0.158. The average molecular weight is 540 g/mol. The van der Waals surface area contributed by atoms with E-state index in [4.69, 9.17) is 15.2 Å². The summed E-state index contributed by atoms with van der Waals surface area (Å²) in [5.74, 6) is -0.0311. The van der Waals surface area contributed by atoms with E-state index in [2.05, 4.69) is 41.9 Å². The maximum Gasteiger partial charge on any atom is 0.349 e. The third-order valence-electron chi connectivity index (χ3n) is 3.91. The number of rotatable bonds is 7. The van der Waals surface area contributed by atoms with Crippen LogP contribution < -0.4 is 26.5 Å². The first-order chi connectivity index (χ1) is 14.3. The zero-order valence-electron chi connectivity index (χ0n) is 15.6. The van der Waals surface area contributed by atoms with Gasteiger partial charge in [-0.1, -0.05) is 12.1 Å². The molecule has 2 aromatic carbocycles. The lowest BCUT2D eigenvalue weighted by Gasteiger charge is -2.15. The number of para-hydroxylation sites is 1. The van der Waals surface area contributed by atoms with Gasteiger partial charge in [0, 0.05) is 10.0 Å². The molecule has 0 aliphatic rings. The molecule has 0 spiro atoms. The van der Waals surface area contributed by atoms with Crippen molar-refractivity contribution >= 4 is 54.9 Å². The molecule has 3 aromatic rings. The number of benzene rings is 2. The first kappa shape index (κ1) is 21.8. The summed E-state index contributed by atoms with van der Waals surface area (Å²) >= 11 is 6.80. The number of aromatic nitrogens is 2. The molecule has 156 valence electrons. The molecule has 0 saturated heterocycles. The number of nitrogens with one attached hydrogen (secondary N) is 1. The summed E-state index contributed by atoms with van der Waals surface area (Å²) in [6.07, 6.45) is 1.33. The van der Waals surface area contributed by atoms with Gasteiger partial charge in [-0.25, -0.2) is 4.79 Å². The summed E-state index contributed by atoms with van der Waals surface area (Å²) in [5.41, 5.74) is 4.85. The number of aromatic amines is 1. The van der Waals surface area contributed by atoms with E-state index in [9.17, 15) is 14.4 Å².